The Morgan fingerprint density at radius 3 is 1.40 bits per heavy atom. The van der Waals surface area contributed by atoms with Gasteiger partial charge in [-0.05, 0) is 60.4 Å². The summed E-state index contributed by atoms with van der Waals surface area (Å²) in [4.78, 5) is 36.8. The molecule has 8 aromatic rings. The minimum Gasteiger partial charge on any atom is -0.267 e. The third-order valence-corrected chi connectivity index (χ3v) is 8.04. The Kier molecular flexibility index (Phi) is 6.19. The second-order valence-corrected chi connectivity index (χ2v) is 11.2. The van der Waals surface area contributed by atoms with Crippen molar-refractivity contribution >= 4 is 22.3 Å². The summed E-state index contributed by atoms with van der Waals surface area (Å²) in [5.41, 5.74) is 8.03. The number of imidazole rings is 2. The monoisotopic (exact) mass is 586 g/mol. The van der Waals surface area contributed by atoms with E-state index < -0.39 is 5.41 Å². The molecule has 0 saturated carbocycles. The van der Waals surface area contributed by atoms with Gasteiger partial charge in [0.25, 0.3) is 0 Å². The fourth-order valence-corrected chi connectivity index (χ4v) is 5.51. The highest BCUT2D eigenvalue weighted by Gasteiger charge is 2.30. The standard InChI is InChI=1S/C35H26N10/c1-35(2,29-13-25(23-9-5-3-6-10-23)15-31(42-29)44-21-40-27-17-36-19-38-33(27)44)30-14-26(24-11-7-4-8-12-24)16-32(43-30)45-22-41-28-18-37-20-39-34(28)45/h3-22H,1-2H3. The van der Waals surface area contributed by atoms with E-state index in [1.165, 1.54) is 12.7 Å². The second kappa shape index (κ2) is 10.5. The maximum absolute atomic E-state index is 5.23. The van der Waals surface area contributed by atoms with E-state index in [0.717, 1.165) is 33.6 Å². The number of benzene rings is 2. The molecule has 0 amide bonds. The van der Waals surface area contributed by atoms with Crippen LogP contribution in [0, 0.1) is 0 Å². The van der Waals surface area contributed by atoms with Gasteiger partial charge >= 0.3 is 0 Å². The second-order valence-electron chi connectivity index (χ2n) is 11.2. The Labute approximate surface area is 258 Å². The van der Waals surface area contributed by atoms with Crippen LogP contribution in [0.2, 0.25) is 0 Å². The molecular weight excluding hydrogens is 560 g/mol. The molecule has 0 fully saturated rings. The molecule has 10 nitrogen and oxygen atoms in total. The summed E-state index contributed by atoms with van der Waals surface area (Å²) >= 11 is 0. The molecule has 0 aliphatic carbocycles. The van der Waals surface area contributed by atoms with Gasteiger partial charge in [0, 0.05) is 5.41 Å². The van der Waals surface area contributed by atoms with Crippen molar-refractivity contribution in [3.05, 3.63) is 134 Å². The van der Waals surface area contributed by atoms with E-state index in [1.54, 1.807) is 25.0 Å². The van der Waals surface area contributed by atoms with Crippen molar-refractivity contribution in [3.63, 3.8) is 0 Å². The van der Waals surface area contributed by atoms with Crippen LogP contribution in [-0.4, -0.2) is 49.0 Å². The Morgan fingerprint density at radius 1 is 0.511 bits per heavy atom. The van der Waals surface area contributed by atoms with Crippen LogP contribution < -0.4 is 0 Å². The predicted molar refractivity (Wildman–Crippen MR) is 172 cm³/mol. The first-order chi connectivity index (χ1) is 22.0. The van der Waals surface area contributed by atoms with E-state index in [4.69, 9.17) is 9.97 Å². The summed E-state index contributed by atoms with van der Waals surface area (Å²) in [6.07, 6.45) is 9.94. The SMILES string of the molecule is CC(C)(c1cc(-c2ccccc2)cc(-n2cnc3cncnc32)n1)c1cc(-c2ccccc2)cc(-n2cnc3cncnc32)n1. The number of nitrogens with zero attached hydrogens (tertiary/aromatic N) is 10. The van der Waals surface area contributed by atoms with E-state index in [2.05, 4.69) is 92.3 Å². The third-order valence-electron chi connectivity index (χ3n) is 8.04. The summed E-state index contributed by atoms with van der Waals surface area (Å²) in [7, 11) is 0. The molecule has 0 unspecified atom stereocenters. The highest BCUT2D eigenvalue weighted by atomic mass is 15.2. The minimum absolute atomic E-state index is 0.629. The Morgan fingerprint density at radius 2 is 0.956 bits per heavy atom. The molecule has 0 radical (unpaired) electrons. The number of hydrogen-bond acceptors (Lipinski definition) is 8. The molecule has 6 aromatic heterocycles. The van der Waals surface area contributed by atoms with Crippen LogP contribution in [-0.2, 0) is 5.41 Å². The lowest BCUT2D eigenvalue weighted by Crippen LogP contribution is -2.24. The number of rotatable bonds is 6. The molecule has 8 rings (SSSR count). The number of fused-ring (bicyclic) bond motifs is 2. The molecule has 0 saturated heterocycles. The summed E-state index contributed by atoms with van der Waals surface area (Å²) in [5, 5.41) is 0. The molecular formula is C35H26N10. The van der Waals surface area contributed by atoms with Gasteiger partial charge < -0.3 is 0 Å². The zero-order valence-electron chi connectivity index (χ0n) is 24.5. The Balaban J connectivity index is 1.35. The number of aromatic nitrogens is 10. The van der Waals surface area contributed by atoms with Gasteiger partial charge in [-0.2, -0.15) is 0 Å². The fourth-order valence-electron chi connectivity index (χ4n) is 5.51. The number of pyridine rings is 2. The first-order valence-electron chi connectivity index (χ1n) is 14.5. The van der Waals surface area contributed by atoms with E-state index in [0.29, 0.717) is 34.0 Å². The van der Waals surface area contributed by atoms with Gasteiger partial charge in [-0.1, -0.05) is 60.7 Å². The zero-order valence-corrected chi connectivity index (χ0v) is 24.5. The molecule has 0 aliphatic heterocycles. The Bertz CT molecular complexity index is 2140. The van der Waals surface area contributed by atoms with E-state index in [9.17, 15) is 0 Å². The van der Waals surface area contributed by atoms with Crippen molar-refractivity contribution in [2.24, 2.45) is 0 Å². The van der Waals surface area contributed by atoms with Crippen LogP contribution >= 0.6 is 0 Å². The quantitative estimate of drug-likeness (QED) is 0.220. The van der Waals surface area contributed by atoms with Gasteiger partial charge in [0.15, 0.2) is 11.3 Å². The molecule has 0 aliphatic rings. The molecule has 10 heteroatoms. The molecule has 0 bridgehead atoms. The lowest BCUT2D eigenvalue weighted by molar-refractivity contribution is 0.592. The molecule has 216 valence electrons. The van der Waals surface area contributed by atoms with E-state index in [1.807, 2.05) is 45.5 Å². The van der Waals surface area contributed by atoms with Gasteiger partial charge in [-0.15, -0.1) is 0 Å². The fraction of sp³-hybridized carbons (Fsp3) is 0.0857. The van der Waals surface area contributed by atoms with E-state index >= 15 is 0 Å². The largest absolute Gasteiger partial charge is 0.267 e. The highest BCUT2D eigenvalue weighted by Crippen LogP contribution is 2.36. The van der Waals surface area contributed by atoms with Crippen molar-refractivity contribution in [1.29, 1.82) is 0 Å². The van der Waals surface area contributed by atoms with Gasteiger partial charge in [0.1, 0.15) is 48.0 Å². The van der Waals surface area contributed by atoms with Crippen LogP contribution in [0.15, 0.2) is 123 Å². The van der Waals surface area contributed by atoms with Crippen molar-refractivity contribution < 1.29 is 0 Å². The first kappa shape index (κ1) is 26.5. The van der Waals surface area contributed by atoms with Gasteiger partial charge in [-0.25, -0.2) is 39.9 Å². The average Bonchev–Trinajstić information content (AvgIpc) is 3.74. The van der Waals surface area contributed by atoms with Crippen molar-refractivity contribution in [3.8, 4) is 33.9 Å². The van der Waals surface area contributed by atoms with Crippen LogP contribution in [0.3, 0.4) is 0 Å². The van der Waals surface area contributed by atoms with Crippen molar-refractivity contribution in [1.82, 2.24) is 49.0 Å². The summed E-state index contributed by atoms with van der Waals surface area (Å²) in [6, 6.07) is 29.0. The summed E-state index contributed by atoms with van der Waals surface area (Å²) in [6.45, 7) is 4.30. The number of hydrogen-bond donors (Lipinski definition) is 0. The van der Waals surface area contributed by atoms with Crippen LogP contribution in [0.25, 0.3) is 56.2 Å². The normalized spacial score (nSPS) is 11.8. The topological polar surface area (TPSA) is 113 Å². The average molecular weight is 587 g/mol. The predicted octanol–water partition coefficient (Wildman–Crippen LogP) is 6.39. The molecule has 0 atom stereocenters. The Hall–Kier alpha value is -6.16. The van der Waals surface area contributed by atoms with Gasteiger partial charge in [0.2, 0.25) is 0 Å². The van der Waals surface area contributed by atoms with Crippen LogP contribution in [0.4, 0.5) is 0 Å². The highest BCUT2D eigenvalue weighted by molar-refractivity contribution is 5.74. The third kappa shape index (κ3) is 4.69. The van der Waals surface area contributed by atoms with Gasteiger partial charge in [0.05, 0.1) is 23.8 Å². The smallest absolute Gasteiger partial charge is 0.168 e. The summed E-state index contributed by atoms with van der Waals surface area (Å²) < 4.78 is 3.80. The molecule has 45 heavy (non-hydrogen) atoms. The summed E-state index contributed by atoms with van der Waals surface area (Å²) in [5.74, 6) is 1.41. The lowest BCUT2D eigenvalue weighted by atomic mass is 9.82. The molecule has 0 spiro atoms. The van der Waals surface area contributed by atoms with E-state index in [-0.39, 0.29) is 0 Å². The van der Waals surface area contributed by atoms with Crippen LogP contribution in [0.1, 0.15) is 25.2 Å². The maximum atomic E-state index is 5.23. The molecule has 0 N–H and O–H groups in total. The first-order valence-corrected chi connectivity index (χ1v) is 14.5. The lowest BCUT2D eigenvalue weighted by Gasteiger charge is -2.26. The van der Waals surface area contributed by atoms with Crippen LogP contribution in [0.5, 0.6) is 0 Å². The molecule has 6 heterocycles. The van der Waals surface area contributed by atoms with Crippen molar-refractivity contribution in [2.75, 3.05) is 0 Å². The van der Waals surface area contributed by atoms with Gasteiger partial charge in [-0.3, -0.25) is 9.13 Å². The minimum atomic E-state index is -0.629. The maximum Gasteiger partial charge on any atom is 0.168 e. The molecule has 2 aromatic carbocycles. The van der Waals surface area contributed by atoms with Crippen molar-refractivity contribution in [2.45, 2.75) is 19.3 Å². The zero-order chi connectivity index (χ0) is 30.4.